The number of H-pyrrole nitrogens is 1. The number of hydrogen-bond donors (Lipinski definition) is 1. The zero-order valence-corrected chi connectivity index (χ0v) is 7.89. The van der Waals surface area contributed by atoms with Crippen LogP contribution in [-0.2, 0) is 0 Å². The Morgan fingerprint density at radius 1 is 1.46 bits per heavy atom. The molecule has 0 amide bonds. The molecule has 0 saturated heterocycles. The van der Waals surface area contributed by atoms with Crippen LogP contribution < -0.4 is 4.87 Å². The van der Waals surface area contributed by atoms with Crippen LogP contribution in [-0.4, -0.2) is 15.2 Å². The van der Waals surface area contributed by atoms with E-state index >= 15 is 0 Å². The molecular formula is C7H4ClN3OS. The van der Waals surface area contributed by atoms with Crippen molar-refractivity contribution in [2.75, 3.05) is 0 Å². The van der Waals surface area contributed by atoms with E-state index in [0.717, 1.165) is 16.9 Å². The van der Waals surface area contributed by atoms with Crippen molar-refractivity contribution in [3.63, 3.8) is 0 Å². The van der Waals surface area contributed by atoms with Gasteiger partial charge in [0.2, 0.25) is 0 Å². The summed E-state index contributed by atoms with van der Waals surface area (Å²) < 4.78 is 0. The number of hydrogen-bond acceptors (Lipinski definition) is 4. The van der Waals surface area contributed by atoms with Crippen LogP contribution in [0.15, 0.2) is 23.1 Å². The van der Waals surface area contributed by atoms with Gasteiger partial charge in [0, 0.05) is 11.8 Å². The third kappa shape index (κ3) is 1.76. The van der Waals surface area contributed by atoms with Gasteiger partial charge in [0.15, 0.2) is 0 Å². The zero-order valence-electron chi connectivity index (χ0n) is 6.32. The molecule has 2 aromatic rings. The van der Waals surface area contributed by atoms with Gasteiger partial charge in [-0.15, -0.1) is 0 Å². The Labute approximate surface area is 82.2 Å². The summed E-state index contributed by atoms with van der Waals surface area (Å²) >= 11 is 6.65. The van der Waals surface area contributed by atoms with Crippen LogP contribution >= 0.6 is 22.9 Å². The molecule has 13 heavy (non-hydrogen) atoms. The number of aromatic nitrogens is 3. The topological polar surface area (TPSA) is 58.6 Å². The smallest absolute Gasteiger partial charge is 0.255 e. The Morgan fingerprint density at radius 2 is 2.31 bits per heavy atom. The molecular weight excluding hydrogens is 210 g/mol. The van der Waals surface area contributed by atoms with E-state index in [9.17, 15) is 4.79 Å². The Balaban J connectivity index is 2.47. The van der Waals surface area contributed by atoms with Gasteiger partial charge in [0.1, 0.15) is 10.2 Å². The molecule has 0 unspecified atom stereocenters. The van der Waals surface area contributed by atoms with E-state index in [1.54, 1.807) is 18.3 Å². The molecule has 0 aliphatic rings. The molecule has 0 atom stereocenters. The molecule has 0 fully saturated rings. The number of rotatable bonds is 1. The van der Waals surface area contributed by atoms with Crippen LogP contribution in [0.4, 0.5) is 0 Å². The molecule has 0 saturated carbocycles. The van der Waals surface area contributed by atoms with E-state index < -0.39 is 0 Å². The minimum Gasteiger partial charge on any atom is -0.255 e. The molecule has 0 radical (unpaired) electrons. The standard InChI is InChI=1S/C7H4ClN3OS/c8-5-2-1-4(3-9-5)6-10-11-7(12)13-6/h1-3H,(H,11,12). The van der Waals surface area contributed by atoms with Gasteiger partial charge in [0.25, 0.3) is 0 Å². The zero-order chi connectivity index (χ0) is 9.26. The lowest BCUT2D eigenvalue weighted by molar-refractivity contribution is 1.06. The molecule has 66 valence electrons. The number of nitrogens with one attached hydrogen (secondary N) is 1. The molecule has 0 aliphatic heterocycles. The first-order valence-electron chi connectivity index (χ1n) is 3.43. The van der Waals surface area contributed by atoms with Crippen molar-refractivity contribution in [1.29, 1.82) is 0 Å². The summed E-state index contributed by atoms with van der Waals surface area (Å²) in [4.78, 5) is 14.5. The monoisotopic (exact) mass is 213 g/mol. The fraction of sp³-hybridized carbons (Fsp3) is 0. The van der Waals surface area contributed by atoms with Crippen molar-refractivity contribution >= 4 is 22.9 Å². The fourth-order valence-corrected chi connectivity index (χ4v) is 1.56. The summed E-state index contributed by atoms with van der Waals surface area (Å²) in [5.41, 5.74) is 0.785. The fourth-order valence-electron chi connectivity index (χ4n) is 0.856. The molecule has 4 nitrogen and oxygen atoms in total. The lowest BCUT2D eigenvalue weighted by atomic mass is 10.3. The maximum Gasteiger partial charge on any atom is 0.322 e. The normalized spacial score (nSPS) is 10.2. The first-order valence-corrected chi connectivity index (χ1v) is 4.62. The average molecular weight is 214 g/mol. The summed E-state index contributed by atoms with van der Waals surface area (Å²) in [5.74, 6) is 0. The highest BCUT2D eigenvalue weighted by Crippen LogP contribution is 2.18. The van der Waals surface area contributed by atoms with Crippen molar-refractivity contribution in [1.82, 2.24) is 15.2 Å². The molecule has 2 aromatic heterocycles. The molecule has 0 aromatic carbocycles. The van der Waals surface area contributed by atoms with Crippen LogP contribution in [0.5, 0.6) is 0 Å². The van der Waals surface area contributed by atoms with Crippen molar-refractivity contribution < 1.29 is 0 Å². The molecule has 2 heterocycles. The van der Waals surface area contributed by atoms with E-state index in [4.69, 9.17) is 11.6 Å². The maximum atomic E-state index is 10.8. The van der Waals surface area contributed by atoms with Gasteiger partial charge in [0.05, 0.1) is 0 Å². The summed E-state index contributed by atoms with van der Waals surface area (Å²) in [6.07, 6.45) is 1.58. The summed E-state index contributed by atoms with van der Waals surface area (Å²) in [7, 11) is 0. The highest BCUT2D eigenvalue weighted by Gasteiger charge is 2.02. The van der Waals surface area contributed by atoms with E-state index in [1.165, 1.54) is 0 Å². The molecule has 0 bridgehead atoms. The lowest BCUT2D eigenvalue weighted by Crippen LogP contribution is -1.90. The first kappa shape index (κ1) is 8.40. The number of pyridine rings is 1. The minimum absolute atomic E-state index is 0.176. The largest absolute Gasteiger partial charge is 0.322 e. The van der Waals surface area contributed by atoms with Crippen molar-refractivity contribution in [2.24, 2.45) is 0 Å². The first-order chi connectivity index (χ1) is 6.25. The van der Waals surface area contributed by atoms with E-state index in [2.05, 4.69) is 15.2 Å². The third-order valence-electron chi connectivity index (χ3n) is 1.41. The Hall–Kier alpha value is -1.20. The molecule has 2 rings (SSSR count). The van der Waals surface area contributed by atoms with Crippen LogP contribution in [0.3, 0.4) is 0 Å². The highest BCUT2D eigenvalue weighted by atomic mass is 35.5. The van der Waals surface area contributed by atoms with Crippen molar-refractivity contribution in [2.45, 2.75) is 0 Å². The number of aromatic amines is 1. The summed E-state index contributed by atoms with van der Waals surface area (Å²) in [6, 6.07) is 3.42. The molecule has 1 N–H and O–H groups in total. The van der Waals surface area contributed by atoms with Gasteiger partial charge in [-0.1, -0.05) is 22.9 Å². The average Bonchev–Trinajstić information content (AvgIpc) is 2.53. The van der Waals surface area contributed by atoms with Gasteiger partial charge >= 0.3 is 4.87 Å². The predicted octanol–water partition coefficient (Wildman–Crippen LogP) is 1.55. The van der Waals surface area contributed by atoms with Gasteiger partial charge in [-0.25, -0.2) is 10.1 Å². The van der Waals surface area contributed by atoms with Gasteiger partial charge < -0.3 is 0 Å². The van der Waals surface area contributed by atoms with Crippen molar-refractivity contribution in [3.05, 3.63) is 33.2 Å². The summed E-state index contributed by atoms with van der Waals surface area (Å²) in [6.45, 7) is 0. The summed E-state index contributed by atoms with van der Waals surface area (Å²) in [5, 5.41) is 7.19. The second-order valence-corrected chi connectivity index (χ2v) is 3.64. The number of halogens is 1. The van der Waals surface area contributed by atoms with E-state index in [1.807, 2.05) is 0 Å². The van der Waals surface area contributed by atoms with E-state index in [-0.39, 0.29) is 4.87 Å². The Morgan fingerprint density at radius 3 is 2.85 bits per heavy atom. The minimum atomic E-state index is -0.176. The quantitative estimate of drug-likeness (QED) is 0.732. The second kappa shape index (κ2) is 3.27. The van der Waals surface area contributed by atoms with Crippen LogP contribution in [0.1, 0.15) is 0 Å². The predicted molar refractivity (Wildman–Crippen MR) is 51.0 cm³/mol. The molecule has 0 spiro atoms. The van der Waals surface area contributed by atoms with Crippen LogP contribution in [0, 0.1) is 0 Å². The lowest BCUT2D eigenvalue weighted by Gasteiger charge is -1.92. The van der Waals surface area contributed by atoms with E-state index in [0.29, 0.717) is 10.2 Å². The molecule has 6 heteroatoms. The van der Waals surface area contributed by atoms with Crippen LogP contribution in [0.2, 0.25) is 5.15 Å². The molecule has 0 aliphatic carbocycles. The second-order valence-electron chi connectivity index (χ2n) is 2.29. The number of nitrogens with zero attached hydrogens (tertiary/aromatic N) is 2. The third-order valence-corrected chi connectivity index (χ3v) is 2.43. The Kier molecular flexibility index (Phi) is 2.12. The van der Waals surface area contributed by atoms with Gasteiger partial charge in [-0.2, -0.15) is 5.10 Å². The highest BCUT2D eigenvalue weighted by molar-refractivity contribution is 7.12. The Bertz CT molecular complexity index is 461. The van der Waals surface area contributed by atoms with Crippen molar-refractivity contribution in [3.8, 4) is 10.6 Å². The SMILES string of the molecule is O=c1[nH]nc(-c2ccc(Cl)nc2)s1. The van der Waals surface area contributed by atoms with Gasteiger partial charge in [-0.05, 0) is 12.1 Å². The van der Waals surface area contributed by atoms with Crippen LogP contribution in [0.25, 0.3) is 10.6 Å². The van der Waals surface area contributed by atoms with Gasteiger partial charge in [-0.3, -0.25) is 4.79 Å². The maximum absolute atomic E-state index is 10.8.